The molecular formula is C14H15N3O3. The van der Waals surface area contributed by atoms with Crippen LogP contribution in [0.4, 0.5) is 5.82 Å². The van der Waals surface area contributed by atoms with Crippen LogP contribution < -0.4 is 9.64 Å². The number of carbonyl (C=O) groups is 1. The van der Waals surface area contributed by atoms with Crippen LogP contribution in [-0.4, -0.2) is 42.2 Å². The maximum Gasteiger partial charge on any atom is 0.341 e. The predicted molar refractivity (Wildman–Crippen MR) is 75.3 cm³/mol. The first-order valence-electron chi connectivity index (χ1n) is 5.95. The van der Waals surface area contributed by atoms with E-state index in [0.29, 0.717) is 17.4 Å². The quantitative estimate of drug-likeness (QED) is 0.917. The molecule has 0 fully saturated rings. The number of carboxylic acid groups (broad SMARTS) is 1. The molecule has 0 atom stereocenters. The second-order valence-corrected chi connectivity index (χ2v) is 4.33. The number of hydrogen-bond acceptors (Lipinski definition) is 5. The molecule has 0 amide bonds. The van der Waals surface area contributed by atoms with E-state index in [1.165, 1.54) is 6.20 Å². The highest BCUT2D eigenvalue weighted by Gasteiger charge is 2.17. The molecule has 20 heavy (non-hydrogen) atoms. The third kappa shape index (κ3) is 2.54. The Hall–Kier alpha value is -2.63. The Bertz CT molecular complexity index is 641. The van der Waals surface area contributed by atoms with Gasteiger partial charge < -0.3 is 14.7 Å². The molecule has 0 radical (unpaired) electrons. The number of nitrogens with zero attached hydrogens (tertiary/aromatic N) is 3. The van der Waals surface area contributed by atoms with Crippen LogP contribution in [0.1, 0.15) is 10.4 Å². The van der Waals surface area contributed by atoms with Crippen molar-refractivity contribution in [3.8, 4) is 17.1 Å². The minimum atomic E-state index is -1.06. The second-order valence-electron chi connectivity index (χ2n) is 4.33. The van der Waals surface area contributed by atoms with Gasteiger partial charge in [-0.3, -0.25) is 0 Å². The number of hydrogen-bond donors (Lipinski definition) is 1. The van der Waals surface area contributed by atoms with Crippen molar-refractivity contribution in [1.82, 2.24) is 9.97 Å². The van der Waals surface area contributed by atoms with Gasteiger partial charge in [0.1, 0.15) is 17.1 Å². The highest BCUT2D eigenvalue weighted by molar-refractivity contribution is 5.93. The van der Waals surface area contributed by atoms with Crippen LogP contribution in [0.3, 0.4) is 0 Å². The molecule has 0 aliphatic heterocycles. The normalized spacial score (nSPS) is 10.2. The van der Waals surface area contributed by atoms with E-state index in [1.54, 1.807) is 32.2 Å². The lowest BCUT2D eigenvalue weighted by molar-refractivity contribution is 0.0697. The molecule has 2 aromatic rings. The first-order chi connectivity index (χ1) is 9.54. The Labute approximate surface area is 116 Å². The molecule has 1 heterocycles. The molecule has 1 aromatic heterocycles. The third-order valence-corrected chi connectivity index (χ3v) is 2.77. The Kier molecular flexibility index (Phi) is 3.84. The number of carboxylic acids is 1. The van der Waals surface area contributed by atoms with Gasteiger partial charge in [0.05, 0.1) is 12.7 Å². The smallest absolute Gasteiger partial charge is 0.341 e. The van der Waals surface area contributed by atoms with Crippen molar-refractivity contribution in [3.05, 3.63) is 36.0 Å². The lowest BCUT2D eigenvalue weighted by Gasteiger charge is -2.15. The summed E-state index contributed by atoms with van der Waals surface area (Å²) in [5, 5.41) is 9.15. The van der Waals surface area contributed by atoms with Gasteiger partial charge in [0, 0.05) is 20.3 Å². The number of rotatable bonds is 4. The molecule has 0 spiro atoms. The molecule has 1 aromatic carbocycles. The SMILES string of the molecule is COc1ccccc1-c1ncc(C(=O)O)c(N(C)C)n1. The lowest BCUT2D eigenvalue weighted by Crippen LogP contribution is -2.16. The molecule has 0 saturated carbocycles. The maximum atomic E-state index is 11.2. The summed E-state index contributed by atoms with van der Waals surface area (Å²) in [6, 6.07) is 7.33. The van der Waals surface area contributed by atoms with E-state index in [0.717, 1.165) is 5.56 Å². The Morgan fingerprint density at radius 2 is 2.00 bits per heavy atom. The van der Waals surface area contributed by atoms with Gasteiger partial charge in [-0.15, -0.1) is 0 Å². The van der Waals surface area contributed by atoms with Gasteiger partial charge in [-0.25, -0.2) is 14.8 Å². The first-order valence-corrected chi connectivity index (χ1v) is 5.95. The van der Waals surface area contributed by atoms with Crippen molar-refractivity contribution in [2.24, 2.45) is 0 Å². The third-order valence-electron chi connectivity index (χ3n) is 2.77. The van der Waals surface area contributed by atoms with E-state index in [1.807, 2.05) is 18.2 Å². The highest BCUT2D eigenvalue weighted by Crippen LogP contribution is 2.28. The van der Waals surface area contributed by atoms with E-state index in [2.05, 4.69) is 9.97 Å². The minimum absolute atomic E-state index is 0.0636. The minimum Gasteiger partial charge on any atom is -0.496 e. The maximum absolute atomic E-state index is 11.2. The number of para-hydroxylation sites is 1. The predicted octanol–water partition coefficient (Wildman–Crippen LogP) is 1.92. The summed E-state index contributed by atoms with van der Waals surface area (Å²) < 4.78 is 5.27. The van der Waals surface area contributed by atoms with E-state index in [4.69, 9.17) is 9.84 Å². The average molecular weight is 273 g/mol. The van der Waals surface area contributed by atoms with Gasteiger partial charge in [-0.1, -0.05) is 12.1 Å². The van der Waals surface area contributed by atoms with Crippen molar-refractivity contribution in [3.63, 3.8) is 0 Å². The fraction of sp³-hybridized carbons (Fsp3) is 0.214. The Morgan fingerprint density at radius 3 is 2.60 bits per heavy atom. The van der Waals surface area contributed by atoms with E-state index in [9.17, 15) is 4.79 Å². The molecule has 0 aliphatic rings. The van der Waals surface area contributed by atoms with Crippen molar-refractivity contribution < 1.29 is 14.6 Å². The Balaban J connectivity index is 2.59. The summed E-state index contributed by atoms with van der Waals surface area (Å²) in [6.07, 6.45) is 1.31. The molecule has 1 N–H and O–H groups in total. The van der Waals surface area contributed by atoms with Crippen molar-refractivity contribution >= 4 is 11.8 Å². The van der Waals surface area contributed by atoms with Gasteiger partial charge in [0.15, 0.2) is 5.82 Å². The van der Waals surface area contributed by atoms with Crippen molar-refractivity contribution in [1.29, 1.82) is 0 Å². The van der Waals surface area contributed by atoms with Crippen LogP contribution in [-0.2, 0) is 0 Å². The van der Waals surface area contributed by atoms with E-state index < -0.39 is 5.97 Å². The van der Waals surface area contributed by atoms with Gasteiger partial charge in [0.2, 0.25) is 0 Å². The molecule has 0 aliphatic carbocycles. The van der Waals surface area contributed by atoms with Gasteiger partial charge in [-0.05, 0) is 12.1 Å². The summed E-state index contributed by atoms with van der Waals surface area (Å²) >= 11 is 0. The monoisotopic (exact) mass is 273 g/mol. The molecule has 104 valence electrons. The summed E-state index contributed by atoms with van der Waals surface area (Å²) in [5.41, 5.74) is 0.781. The number of ether oxygens (including phenoxy) is 1. The molecule has 2 rings (SSSR count). The number of benzene rings is 1. The van der Waals surface area contributed by atoms with Gasteiger partial charge in [0.25, 0.3) is 0 Å². The van der Waals surface area contributed by atoms with Crippen LogP contribution in [0.25, 0.3) is 11.4 Å². The molecule has 6 heteroatoms. The zero-order chi connectivity index (χ0) is 14.7. The molecular weight excluding hydrogens is 258 g/mol. The van der Waals surface area contributed by atoms with Gasteiger partial charge >= 0.3 is 5.97 Å². The van der Waals surface area contributed by atoms with Crippen molar-refractivity contribution in [2.45, 2.75) is 0 Å². The van der Waals surface area contributed by atoms with E-state index >= 15 is 0 Å². The topological polar surface area (TPSA) is 75.6 Å². The lowest BCUT2D eigenvalue weighted by atomic mass is 10.2. The highest BCUT2D eigenvalue weighted by atomic mass is 16.5. The summed E-state index contributed by atoms with van der Waals surface area (Å²) in [5.74, 6) is 0.366. The number of aromatic carboxylic acids is 1. The summed E-state index contributed by atoms with van der Waals surface area (Å²) in [7, 11) is 5.04. The average Bonchev–Trinajstić information content (AvgIpc) is 2.46. The number of aromatic nitrogens is 2. The zero-order valence-electron chi connectivity index (χ0n) is 11.5. The summed E-state index contributed by atoms with van der Waals surface area (Å²) in [4.78, 5) is 21.3. The standard InChI is InChI=1S/C14H15N3O3/c1-17(2)13-10(14(18)19)8-15-12(16-13)9-6-4-5-7-11(9)20-3/h4-8H,1-3H3,(H,18,19). The van der Waals surface area contributed by atoms with Crippen molar-refractivity contribution in [2.75, 3.05) is 26.1 Å². The van der Waals surface area contributed by atoms with Crippen LogP contribution in [0, 0.1) is 0 Å². The molecule has 6 nitrogen and oxygen atoms in total. The molecule has 0 saturated heterocycles. The number of anilines is 1. The largest absolute Gasteiger partial charge is 0.496 e. The number of methoxy groups -OCH3 is 1. The van der Waals surface area contributed by atoms with Crippen LogP contribution in [0.15, 0.2) is 30.5 Å². The first kappa shape index (κ1) is 13.8. The zero-order valence-corrected chi connectivity index (χ0v) is 11.5. The Morgan fingerprint density at radius 1 is 1.30 bits per heavy atom. The molecule has 0 unspecified atom stereocenters. The molecule has 0 bridgehead atoms. The van der Waals surface area contributed by atoms with Crippen LogP contribution in [0.2, 0.25) is 0 Å². The fourth-order valence-corrected chi connectivity index (χ4v) is 1.82. The van der Waals surface area contributed by atoms with E-state index in [-0.39, 0.29) is 5.56 Å². The second kappa shape index (κ2) is 5.56. The van der Waals surface area contributed by atoms with Crippen LogP contribution in [0.5, 0.6) is 5.75 Å². The fourth-order valence-electron chi connectivity index (χ4n) is 1.82. The summed E-state index contributed by atoms with van der Waals surface area (Å²) in [6.45, 7) is 0. The van der Waals surface area contributed by atoms with Gasteiger partial charge in [-0.2, -0.15) is 0 Å². The van der Waals surface area contributed by atoms with Crippen LogP contribution >= 0.6 is 0 Å².